The molecule has 7 heteroatoms. The molecule has 0 aliphatic carbocycles. The highest BCUT2D eigenvalue weighted by Gasteiger charge is 2.45. The summed E-state index contributed by atoms with van der Waals surface area (Å²) in [6.45, 7) is 5.79. The number of sulfone groups is 2. The van der Waals surface area contributed by atoms with E-state index in [1.54, 1.807) is 24.3 Å². The zero-order valence-electron chi connectivity index (χ0n) is 13.1. The third-order valence-corrected chi connectivity index (χ3v) is 8.33. The number of hydrogen-bond acceptors (Lipinski definition) is 5. The van der Waals surface area contributed by atoms with E-state index in [1.165, 1.54) is 0 Å². The number of rotatable bonds is 5. The highest BCUT2D eigenvalue weighted by molar-refractivity contribution is 7.96. The number of benzene rings is 1. The van der Waals surface area contributed by atoms with E-state index in [9.17, 15) is 16.8 Å². The maximum absolute atomic E-state index is 12.8. The lowest BCUT2D eigenvalue weighted by atomic mass is 10.2. The van der Waals surface area contributed by atoms with Gasteiger partial charge in [-0.3, -0.25) is 0 Å². The lowest BCUT2D eigenvalue weighted by molar-refractivity contribution is 0.456. The van der Waals surface area contributed by atoms with Crippen molar-refractivity contribution in [1.29, 1.82) is 0 Å². The van der Waals surface area contributed by atoms with Gasteiger partial charge >= 0.3 is 0 Å². The lowest BCUT2D eigenvalue weighted by Gasteiger charge is -2.23. The molecule has 3 atom stereocenters. The molecule has 22 heavy (non-hydrogen) atoms. The van der Waals surface area contributed by atoms with Gasteiger partial charge in [0, 0.05) is 12.1 Å². The van der Waals surface area contributed by atoms with E-state index >= 15 is 0 Å². The standard InChI is InChI=1S/C15H23NO4S2/c1-4-12(3)16-14-9-21(17,18)10-15(14)22(19,20)13-7-5-11(2)6-8-13/h5-8,12,14-16H,4,9-10H2,1-3H3/t12?,14-,15-/m1/s1. The van der Waals surface area contributed by atoms with Gasteiger partial charge in [0.2, 0.25) is 0 Å². The molecule has 0 saturated carbocycles. The molecule has 2 rings (SSSR count). The molecule has 0 aromatic heterocycles. The Hall–Kier alpha value is -0.920. The topological polar surface area (TPSA) is 80.3 Å². The Morgan fingerprint density at radius 1 is 1.23 bits per heavy atom. The molecule has 1 N–H and O–H groups in total. The first kappa shape index (κ1) is 17.4. The first-order chi connectivity index (χ1) is 10.2. The second-order valence-electron chi connectivity index (χ2n) is 6.06. The summed E-state index contributed by atoms with van der Waals surface area (Å²) >= 11 is 0. The SMILES string of the molecule is CCC(C)N[C@@H]1CS(=O)(=O)C[C@H]1S(=O)(=O)c1ccc(C)cc1. The summed E-state index contributed by atoms with van der Waals surface area (Å²) in [4.78, 5) is 0.191. The molecule has 0 spiro atoms. The van der Waals surface area contributed by atoms with Gasteiger partial charge in [-0.2, -0.15) is 0 Å². The molecule has 5 nitrogen and oxygen atoms in total. The Kier molecular flexibility index (Phi) is 4.99. The zero-order valence-corrected chi connectivity index (χ0v) is 14.7. The summed E-state index contributed by atoms with van der Waals surface area (Å²) in [7, 11) is -7.01. The monoisotopic (exact) mass is 345 g/mol. The van der Waals surface area contributed by atoms with Gasteiger partial charge in [0.15, 0.2) is 19.7 Å². The van der Waals surface area contributed by atoms with Crippen molar-refractivity contribution in [1.82, 2.24) is 5.32 Å². The summed E-state index contributed by atoms with van der Waals surface area (Å²) in [5, 5.41) is 2.24. The van der Waals surface area contributed by atoms with Crippen molar-refractivity contribution in [3.8, 4) is 0 Å². The Bertz CT molecular complexity index is 723. The van der Waals surface area contributed by atoms with Gasteiger partial charge in [0.1, 0.15) is 0 Å². The van der Waals surface area contributed by atoms with Crippen LogP contribution in [0.1, 0.15) is 25.8 Å². The van der Waals surface area contributed by atoms with Crippen LogP contribution in [-0.2, 0) is 19.7 Å². The molecule has 1 unspecified atom stereocenters. The third-order valence-electron chi connectivity index (χ3n) is 4.16. The molecule has 0 bridgehead atoms. The molecule has 1 saturated heterocycles. The van der Waals surface area contributed by atoms with Gasteiger partial charge in [-0.15, -0.1) is 0 Å². The average molecular weight is 345 g/mol. The minimum absolute atomic E-state index is 0.0778. The van der Waals surface area contributed by atoms with E-state index in [0.29, 0.717) is 0 Å². The molecule has 0 radical (unpaired) electrons. The minimum atomic E-state index is -3.67. The predicted molar refractivity (Wildman–Crippen MR) is 87.5 cm³/mol. The highest BCUT2D eigenvalue weighted by atomic mass is 32.2. The van der Waals surface area contributed by atoms with E-state index in [-0.39, 0.29) is 22.4 Å². The van der Waals surface area contributed by atoms with E-state index in [1.807, 2.05) is 20.8 Å². The van der Waals surface area contributed by atoms with Gasteiger partial charge < -0.3 is 5.32 Å². The summed E-state index contributed by atoms with van der Waals surface area (Å²) < 4.78 is 49.5. The molecule has 1 heterocycles. The summed E-state index contributed by atoms with van der Waals surface area (Å²) in [6, 6.07) is 6.09. The molecule has 124 valence electrons. The summed E-state index contributed by atoms with van der Waals surface area (Å²) in [5.41, 5.74) is 0.965. The fourth-order valence-electron chi connectivity index (χ4n) is 2.66. The van der Waals surface area contributed by atoms with Gasteiger partial charge in [0.25, 0.3) is 0 Å². The van der Waals surface area contributed by atoms with Crippen molar-refractivity contribution < 1.29 is 16.8 Å². The molecular weight excluding hydrogens is 322 g/mol. The lowest BCUT2D eigenvalue weighted by Crippen LogP contribution is -2.46. The Labute approximate surface area is 133 Å². The van der Waals surface area contributed by atoms with Crippen LogP contribution >= 0.6 is 0 Å². The van der Waals surface area contributed by atoms with Gasteiger partial charge in [-0.1, -0.05) is 24.6 Å². The zero-order chi connectivity index (χ0) is 16.5. The maximum Gasteiger partial charge on any atom is 0.183 e. The number of aryl methyl sites for hydroxylation is 1. The molecule has 0 amide bonds. The van der Waals surface area contributed by atoms with Crippen LogP contribution in [0.5, 0.6) is 0 Å². The maximum atomic E-state index is 12.8. The smallest absolute Gasteiger partial charge is 0.183 e. The predicted octanol–water partition coefficient (Wildman–Crippen LogP) is 1.32. The van der Waals surface area contributed by atoms with E-state index in [2.05, 4.69) is 5.32 Å². The Balaban J connectivity index is 2.36. The van der Waals surface area contributed by atoms with Crippen molar-refractivity contribution >= 4 is 19.7 Å². The normalized spacial score (nSPS) is 26.0. The van der Waals surface area contributed by atoms with Gasteiger partial charge in [-0.25, -0.2) is 16.8 Å². The van der Waals surface area contributed by atoms with Crippen molar-refractivity contribution in [2.75, 3.05) is 11.5 Å². The van der Waals surface area contributed by atoms with Crippen LogP contribution in [0.15, 0.2) is 29.2 Å². The fourth-order valence-corrected chi connectivity index (χ4v) is 7.34. The van der Waals surface area contributed by atoms with E-state index in [4.69, 9.17) is 0 Å². The average Bonchev–Trinajstić information content (AvgIpc) is 2.74. The Morgan fingerprint density at radius 3 is 2.36 bits per heavy atom. The largest absolute Gasteiger partial charge is 0.309 e. The van der Waals surface area contributed by atoms with Crippen LogP contribution in [-0.4, -0.2) is 45.7 Å². The number of nitrogens with one attached hydrogen (secondary N) is 1. The van der Waals surface area contributed by atoms with Crippen molar-refractivity contribution in [2.24, 2.45) is 0 Å². The second-order valence-corrected chi connectivity index (χ2v) is 10.4. The van der Waals surface area contributed by atoms with E-state index in [0.717, 1.165) is 12.0 Å². The number of hydrogen-bond donors (Lipinski definition) is 1. The first-order valence-corrected chi connectivity index (χ1v) is 10.8. The van der Waals surface area contributed by atoms with Crippen LogP contribution < -0.4 is 5.32 Å². The van der Waals surface area contributed by atoms with Crippen LogP contribution in [0.3, 0.4) is 0 Å². The van der Waals surface area contributed by atoms with Crippen molar-refractivity contribution in [2.45, 2.75) is 49.4 Å². The third kappa shape index (κ3) is 3.70. The van der Waals surface area contributed by atoms with Gasteiger partial charge in [-0.05, 0) is 32.4 Å². The van der Waals surface area contributed by atoms with Crippen molar-refractivity contribution in [3.05, 3.63) is 29.8 Å². The van der Waals surface area contributed by atoms with Crippen LogP contribution in [0, 0.1) is 6.92 Å². The Morgan fingerprint density at radius 2 is 1.82 bits per heavy atom. The molecule has 1 aliphatic rings. The van der Waals surface area contributed by atoms with Crippen LogP contribution in [0.2, 0.25) is 0 Å². The van der Waals surface area contributed by atoms with Crippen LogP contribution in [0.4, 0.5) is 0 Å². The van der Waals surface area contributed by atoms with E-state index < -0.39 is 31.0 Å². The van der Waals surface area contributed by atoms with Crippen LogP contribution in [0.25, 0.3) is 0 Å². The van der Waals surface area contributed by atoms with Crippen molar-refractivity contribution in [3.63, 3.8) is 0 Å². The molecule has 1 aromatic carbocycles. The molecule has 1 aromatic rings. The fraction of sp³-hybridized carbons (Fsp3) is 0.600. The first-order valence-electron chi connectivity index (χ1n) is 7.43. The quantitative estimate of drug-likeness (QED) is 0.871. The minimum Gasteiger partial charge on any atom is -0.309 e. The summed E-state index contributed by atoms with van der Waals surface area (Å²) in [5.74, 6) is -0.426. The molecule has 1 aliphatic heterocycles. The molecular formula is C15H23NO4S2. The van der Waals surface area contributed by atoms with Gasteiger partial charge in [0.05, 0.1) is 21.7 Å². The second kappa shape index (κ2) is 6.29. The highest BCUT2D eigenvalue weighted by Crippen LogP contribution is 2.26. The molecule has 1 fully saturated rings. The summed E-state index contributed by atoms with van der Waals surface area (Å²) in [6.07, 6.45) is 0.813.